The van der Waals surface area contributed by atoms with Gasteiger partial charge in [-0.1, -0.05) is 38.5 Å². The second kappa shape index (κ2) is 10.3. The van der Waals surface area contributed by atoms with Crippen molar-refractivity contribution in [3.63, 3.8) is 0 Å². The van der Waals surface area contributed by atoms with Gasteiger partial charge in [0, 0.05) is 37.7 Å². The molecule has 0 saturated carbocycles. The number of fused-ring (bicyclic) bond motifs is 1. The largest absolute Gasteiger partial charge is 0.352 e. The lowest BCUT2D eigenvalue weighted by atomic mass is 10.1. The van der Waals surface area contributed by atoms with Gasteiger partial charge >= 0.3 is 0 Å². The maximum Gasteiger partial charge on any atom is 0.254 e. The van der Waals surface area contributed by atoms with E-state index in [9.17, 15) is 9.18 Å². The number of hydrogen-bond donors (Lipinski definition) is 0. The average Bonchev–Trinajstić information content (AvgIpc) is 3.25. The van der Waals surface area contributed by atoms with Gasteiger partial charge in [-0.25, -0.2) is 19.0 Å². The number of carbonyl (C=O) groups is 1. The van der Waals surface area contributed by atoms with Crippen LogP contribution in [0.1, 0.15) is 60.0 Å². The number of aryl methyl sites for hydroxylation is 2. The van der Waals surface area contributed by atoms with Gasteiger partial charge in [0.25, 0.3) is 5.91 Å². The third-order valence-electron chi connectivity index (χ3n) is 7.18. The van der Waals surface area contributed by atoms with Crippen LogP contribution in [0.5, 0.6) is 0 Å². The van der Waals surface area contributed by atoms with Crippen molar-refractivity contribution in [2.75, 3.05) is 31.1 Å². The number of anilines is 1. The van der Waals surface area contributed by atoms with Crippen LogP contribution in [-0.2, 0) is 0 Å². The molecule has 0 aliphatic carbocycles. The lowest BCUT2D eigenvalue weighted by Crippen LogP contribution is -2.49. The van der Waals surface area contributed by atoms with E-state index in [1.165, 1.54) is 12.1 Å². The minimum Gasteiger partial charge on any atom is -0.352 e. The Kier molecular flexibility index (Phi) is 6.91. The first kappa shape index (κ1) is 24.9. The second-order valence-corrected chi connectivity index (χ2v) is 9.86. The van der Waals surface area contributed by atoms with E-state index in [4.69, 9.17) is 15.1 Å². The topological polar surface area (TPSA) is 67.2 Å². The smallest absolute Gasteiger partial charge is 0.254 e. The highest BCUT2D eigenvalue weighted by Crippen LogP contribution is 2.32. The third-order valence-corrected chi connectivity index (χ3v) is 7.18. The molecule has 1 atom stereocenters. The van der Waals surface area contributed by atoms with Crippen molar-refractivity contribution in [1.82, 2.24) is 24.6 Å². The monoisotopic (exact) mass is 500 g/mol. The summed E-state index contributed by atoms with van der Waals surface area (Å²) >= 11 is 0. The van der Waals surface area contributed by atoms with E-state index in [0.717, 1.165) is 58.0 Å². The van der Waals surface area contributed by atoms with Gasteiger partial charge in [-0.2, -0.15) is 5.10 Å². The number of aromatic nitrogens is 4. The first-order valence-corrected chi connectivity index (χ1v) is 13.0. The predicted octanol–water partition coefficient (Wildman–Crippen LogP) is 5.44. The molecule has 37 heavy (non-hydrogen) atoms. The highest BCUT2D eigenvalue weighted by molar-refractivity contribution is 5.96. The van der Waals surface area contributed by atoms with Gasteiger partial charge in [0.15, 0.2) is 5.65 Å². The number of halogens is 1. The fourth-order valence-electron chi connectivity index (χ4n) is 5.06. The summed E-state index contributed by atoms with van der Waals surface area (Å²) < 4.78 is 15.4. The first-order valence-electron chi connectivity index (χ1n) is 13.0. The molecular formula is C29H33FN6O. The molecule has 1 unspecified atom stereocenters. The standard InChI is InChI=1S/C29H33FN6O/c1-5-8-20(3)26-31-27(25-21(4)33-36(28(25)32-26)23-13-11-22(30)12-14-23)34-15-17-35(18-16-34)29(37)24-10-7-6-9-19(24)2/h6-7,9-14,20H,5,8,15-18H2,1-4H3. The van der Waals surface area contributed by atoms with Gasteiger partial charge in [0.2, 0.25) is 0 Å². The van der Waals surface area contributed by atoms with E-state index in [2.05, 4.69) is 18.7 Å². The Balaban J connectivity index is 1.51. The van der Waals surface area contributed by atoms with Crippen molar-refractivity contribution in [3.8, 4) is 5.69 Å². The highest BCUT2D eigenvalue weighted by atomic mass is 19.1. The van der Waals surface area contributed by atoms with Crippen LogP contribution < -0.4 is 4.90 Å². The number of nitrogens with zero attached hydrogens (tertiary/aromatic N) is 6. The van der Waals surface area contributed by atoms with E-state index in [-0.39, 0.29) is 17.6 Å². The van der Waals surface area contributed by atoms with Crippen LogP contribution in [0.25, 0.3) is 16.7 Å². The molecule has 1 saturated heterocycles. The normalized spacial score (nSPS) is 14.8. The molecule has 2 aromatic carbocycles. The zero-order chi connectivity index (χ0) is 26.1. The van der Waals surface area contributed by atoms with Gasteiger partial charge in [-0.3, -0.25) is 4.79 Å². The summed E-state index contributed by atoms with van der Waals surface area (Å²) in [5.41, 5.74) is 4.05. The Hall–Kier alpha value is -3.81. The van der Waals surface area contributed by atoms with Crippen LogP contribution in [0, 0.1) is 19.7 Å². The van der Waals surface area contributed by atoms with Crippen molar-refractivity contribution >= 4 is 22.8 Å². The molecule has 192 valence electrons. The van der Waals surface area contributed by atoms with Gasteiger partial charge in [-0.05, 0) is 56.2 Å². The minimum absolute atomic E-state index is 0.0724. The number of hydrogen-bond acceptors (Lipinski definition) is 5. The van der Waals surface area contributed by atoms with Crippen molar-refractivity contribution in [1.29, 1.82) is 0 Å². The molecule has 0 N–H and O–H groups in total. The van der Waals surface area contributed by atoms with Crippen molar-refractivity contribution < 1.29 is 9.18 Å². The van der Waals surface area contributed by atoms with Gasteiger partial charge < -0.3 is 9.80 Å². The molecule has 5 rings (SSSR count). The molecule has 0 bridgehead atoms. The van der Waals surface area contributed by atoms with Crippen LogP contribution in [0.2, 0.25) is 0 Å². The van der Waals surface area contributed by atoms with Gasteiger partial charge in [0.05, 0.1) is 16.8 Å². The molecule has 3 heterocycles. The summed E-state index contributed by atoms with van der Waals surface area (Å²) in [5, 5.41) is 5.68. The van der Waals surface area contributed by atoms with Crippen LogP contribution in [0.4, 0.5) is 10.2 Å². The first-order chi connectivity index (χ1) is 17.9. The molecule has 1 aliphatic heterocycles. The van der Waals surface area contributed by atoms with Crippen molar-refractivity contribution in [2.45, 2.75) is 46.5 Å². The summed E-state index contributed by atoms with van der Waals surface area (Å²) in [7, 11) is 0. The molecular weight excluding hydrogens is 467 g/mol. The zero-order valence-electron chi connectivity index (χ0n) is 21.9. The number of carbonyl (C=O) groups excluding carboxylic acids is 1. The van der Waals surface area contributed by atoms with Crippen LogP contribution >= 0.6 is 0 Å². The summed E-state index contributed by atoms with van der Waals surface area (Å²) in [5.74, 6) is 1.61. The lowest BCUT2D eigenvalue weighted by molar-refractivity contribution is 0.0746. The molecule has 1 amide bonds. The predicted molar refractivity (Wildman–Crippen MR) is 144 cm³/mol. The van der Waals surface area contributed by atoms with Crippen LogP contribution in [-0.4, -0.2) is 56.7 Å². The lowest BCUT2D eigenvalue weighted by Gasteiger charge is -2.36. The Labute approximate surface area is 216 Å². The number of benzene rings is 2. The van der Waals surface area contributed by atoms with Crippen LogP contribution in [0.15, 0.2) is 48.5 Å². The van der Waals surface area contributed by atoms with Gasteiger partial charge in [-0.15, -0.1) is 0 Å². The van der Waals surface area contributed by atoms with E-state index in [1.807, 2.05) is 43.0 Å². The van der Waals surface area contributed by atoms with Crippen LogP contribution in [0.3, 0.4) is 0 Å². The maximum atomic E-state index is 13.6. The van der Waals surface area contributed by atoms with Gasteiger partial charge in [0.1, 0.15) is 17.5 Å². The molecule has 8 heteroatoms. The maximum absolute atomic E-state index is 13.6. The van der Waals surface area contributed by atoms with E-state index < -0.39 is 0 Å². The summed E-state index contributed by atoms with van der Waals surface area (Å²) in [6.07, 6.45) is 2.02. The molecule has 4 aromatic rings. The minimum atomic E-state index is -0.289. The molecule has 7 nitrogen and oxygen atoms in total. The van der Waals surface area contributed by atoms with E-state index in [1.54, 1.807) is 16.8 Å². The summed E-state index contributed by atoms with van der Waals surface area (Å²) in [6.45, 7) is 10.8. The zero-order valence-corrected chi connectivity index (χ0v) is 21.9. The summed E-state index contributed by atoms with van der Waals surface area (Å²) in [6, 6.07) is 14.0. The third kappa shape index (κ3) is 4.80. The Morgan fingerprint density at radius 1 is 1.00 bits per heavy atom. The summed E-state index contributed by atoms with van der Waals surface area (Å²) in [4.78, 5) is 27.4. The number of piperazine rings is 1. The Bertz CT molecular complexity index is 1420. The molecule has 0 radical (unpaired) electrons. The fourth-order valence-corrected chi connectivity index (χ4v) is 5.06. The van der Waals surface area contributed by atoms with Crippen molar-refractivity contribution in [2.24, 2.45) is 0 Å². The molecule has 1 aliphatic rings. The van der Waals surface area contributed by atoms with Crippen molar-refractivity contribution in [3.05, 3.63) is 77.0 Å². The number of amides is 1. The molecule has 2 aromatic heterocycles. The quantitative estimate of drug-likeness (QED) is 0.353. The number of rotatable bonds is 6. The van der Waals surface area contributed by atoms with E-state index >= 15 is 0 Å². The SMILES string of the molecule is CCCC(C)c1nc(N2CCN(C(=O)c3ccccc3C)CC2)c2c(C)nn(-c3ccc(F)cc3)c2n1. The van der Waals surface area contributed by atoms with E-state index in [0.29, 0.717) is 26.2 Å². The highest BCUT2D eigenvalue weighted by Gasteiger charge is 2.28. The second-order valence-electron chi connectivity index (χ2n) is 9.86. The Morgan fingerprint density at radius 2 is 1.70 bits per heavy atom. The molecule has 0 spiro atoms. The Morgan fingerprint density at radius 3 is 2.38 bits per heavy atom. The fraction of sp³-hybridized carbons (Fsp3) is 0.379. The average molecular weight is 501 g/mol. The molecule has 1 fully saturated rings.